The molecule has 1 aromatic heterocycles. The normalized spacial score (nSPS) is 11.6. The summed E-state index contributed by atoms with van der Waals surface area (Å²) in [5.74, 6) is 2.50. The first-order valence-electron chi connectivity index (χ1n) is 10.7. The molecule has 4 heteroatoms. The summed E-state index contributed by atoms with van der Waals surface area (Å²) in [6, 6.07) is 10.9. The summed E-state index contributed by atoms with van der Waals surface area (Å²) in [6.45, 7) is 12.5. The Bertz CT molecular complexity index is 973. The third kappa shape index (κ3) is 4.99. The van der Waals surface area contributed by atoms with Gasteiger partial charge in [0.25, 0.3) is 0 Å². The maximum Gasteiger partial charge on any atom is 0.123 e. The lowest BCUT2D eigenvalue weighted by molar-refractivity contribution is 0.285. The van der Waals surface area contributed by atoms with Crippen molar-refractivity contribution in [3.8, 4) is 5.75 Å². The van der Waals surface area contributed by atoms with E-state index in [1.165, 1.54) is 27.8 Å². The Kier molecular flexibility index (Phi) is 6.96. The van der Waals surface area contributed by atoms with Gasteiger partial charge < -0.3 is 14.4 Å². The van der Waals surface area contributed by atoms with Crippen LogP contribution in [-0.2, 0) is 13.0 Å². The zero-order valence-electron chi connectivity index (χ0n) is 18.5. The molecule has 4 nitrogen and oxygen atoms in total. The minimum absolute atomic E-state index is 0.190. The zero-order valence-corrected chi connectivity index (χ0v) is 18.5. The number of rotatable bonds is 9. The number of aryl methyl sites for hydroxylation is 5. The van der Waals surface area contributed by atoms with Crippen LogP contribution in [0.15, 0.2) is 30.3 Å². The lowest BCUT2D eigenvalue weighted by Crippen LogP contribution is -2.09. The van der Waals surface area contributed by atoms with Crippen molar-refractivity contribution in [1.82, 2.24) is 9.55 Å². The van der Waals surface area contributed by atoms with Crippen LogP contribution in [0.4, 0.5) is 0 Å². The fraction of sp³-hybridized carbons (Fsp3) is 0.480. The minimum atomic E-state index is 0.190. The van der Waals surface area contributed by atoms with E-state index in [4.69, 9.17) is 9.72 Å². The fourth-order valence-corrected chi connectivity index (χ4v) is 3.76. The summed E-state index contributed by atoms with van der Waals surface area (Å²) in [6.07, 6.45) is 2.44. The second-order valence-electron chi connectivity index (χ2n) is 8.33. The number of aromatic nitrogens is 2. The number of ether oxygens (including phenoxy) is 1. The van der Waals surface area contributed by atoms with Crippen molar-refractivity contribution in [2.45, 2.75) is 66.3 Å². The smallest absolute Gasteiger partial charge is 0.123 e. The molecule has 1 heterocycles. The van der Waals surface area contributed by atoms with Crippen molar-refractivity contribution in [2.24, 2.45) is 0 Å². The van der Waals surface area contributed by atoms with E-state index in [0.717, 1.165) is 42.9 Å². The highest BCUT2D eigenvalue weighted by atomic mass is 16.5. The average Bonchev–Trinajstić information content (AvgIpc) is 3.00. The van der Waals surface area contributed by atoms with Crippen LogP contribution in [-0.4, -0.2) is 27.9 Å². The second kappa shape index (κ2) is 9.45. The molecule has 0 bridgehead atoms. The molecule has 0 fully saturated rings. The van der Waals surface area contributed by atoms with Gasteiger partial charge in [-0.1, -0.05) is 26.0 Å². The van der Waals surface area contributed by atoms with Crippen LogP contribution < -0.4 is 4.74 Å². The van der Waals surface area contributed by atoms with Crippen molar-refractivity contribution in [3.63, 3.8) is 0 Å². The summed E-state index contributed by atoms with van der Waals surface area (Å²) in [7, 11) is 0. The largest absolute Gasteiger partial charge is 0.493 e. The SMILES string of the molecule is Cc1ccc(C(C)C)c(OCCCn2c(CCCO)nc3cc(C)c(C)cc32)c1. The lowest BCUT2D eigenvalue weighted by Gasteiger charge is -2.15. The van der Waals surface area contributed by atoms with Gasteiger partial charge in [0, 0.05) is 19.6 Å². The summed E-state index contributed by atoms with van der Waals surface area (Å²) in [4.78, 5) is 4.85. The van der Waals surface area contributed by atoms with Gasteiger partial charge in [0.2, 0.25) is 0 Å². The molecule has 0 saturated heterocycles. The number of hydrogen-bond acceptors (Lipinski definition) is 3. The second-order valence-corrected chi connectivity index (χ2v) is 8.33. The molecule has 3 aromatic rings. The van der Waals surface area contributed by atoms with Gasteiger partial charge in [-0.25, -0.2) is 4.98 Å². The molecule has 2 aromatic carbocycles. The highest BCUT2D eigenvalue weighted by molar-refractivity contribution is 5.78. The van der Waals surface area contributed by atoms with Crippen molar-refractivity contribution >= 4 is 11.0 Å². The molecule has 0 radical (unpaired) electrons. The van der Waals surface area contributed by atoms with E-state index in [9.17, 15) is 5.11 Å². The van der Waals surface area contributed by atoms with Gasteiger partial charge >= 0.3 is 0 Å². The molecule has 0 aliphatic rings. The molecule has 0 aliphatic heterocycles. The van der Waals surface area contributed by atoms with E-state index < -0.39 is 0 Å². The molecular formula is C25H34N2O2. The summed E-state index contributed by atoms with van der Waals surface area (Å²) in [5, 5.41) is 9.26. The Morgan fingerprint density at radius 3 is 2.52 bits per heavy atom. The molecule has 0 unspecified atom stereocenters. The highest BCUT2D eigenvalue weighted by Gasteiger charge is 2.13. The number of hydrogen-bond donors (Lipinski definition) is 1. The Labute approximate surface area is 174 Å². The van der Waals surface area contributed by atoms with Crippen molar-refractivity contribution in [2.75, 3.05) is 13.2 Å². The summed E-state index contributed by atoms with van der Waals surface area (Å²) in [5.41, 5.74) is 7.26. The molecule has 0 saturated carbocycles. The monoisotopic (exact) mass is 394 g/mol. The van der Waals surface area contributed by atoms with E-state index in [1.807, 2.05) is 0 Å². The molecule has 0 amide bonds. The lowest BCUT2D eigenvalue weighted by atomic mass is 10.0. The third-order valence-electron chi connectivity index (χ3n) is 5.58. The number of aliphatic hydroxyl groups is 1. The van der Waals surface area contributed by atoms with E-state index in [-0.39, 0.29) is 6.61 Å². The van der Waals surface area contributed by atoms with Crippen LogP contribution in [0.1, 0.15) is 60.7 Å². The van der Waals surface area contributed by atoms with E-state index >= 15 is 0 Å². The molecule has 0 atom stereocenters. The summed E-state index contributed by atoms with van der Waals surface area (Å²) < 4.78 is 8.49. The van der Waals surface area contributed by atoms with Gasteiger partial charge in [-0.2, -0.15) is 0 Å². The molecule has 156 valence electrons. The molecule has 3 rings (SSSR count). The first-order chi connectivity index (χ1) is 13.9. The zero-order chi connectivity index (χ0) is 21.0. The van der Waals surface area contributed by atoms with Gasteiger partial charge in [-0.3, -0.25) is 0 Å². The van der Waals surface area contributed by atoms with E-state index in [1.54, 1.807) is 0 Å². The van der Waals surface area contributed by atoms with E-state index in [0.29, 0.717) is 12.5 Å². The van der Waals surface area contributed by atoms with Crippen LogP contribution in [0.3, 0.4) is 0 Å². The maximum absolute atomic E-state index is 9.26. The standard InChI is InChI=1S/C25H34N2O2/c1-17(2)21-10-9-18(3)14-24(21)29-13-7-11-27-23-16-20(5)19(4)15-22(23)26-25(27)8-6-12-28/h9-10,14-17,28H,6-8,11-13H2,1-5H3. The van der Waals surface area contributed by atoms with Gasteiger partial charge in [-0.05, 0) is 80.0 Å². The van der Waals surface area contributed by atoms with Crippen LogP contribution in [0.25, 0.3) is 11.0 Å². The quantitative estimate of drug-likeness (QED) is 0.489. The molecule has 0 spiro atoms. The highest BCUT2D eigenvalue weighted by Crippen LogP contribution is 2.28. The van der Waals surface area contributed by atoms with Crippen LogP contribution in [0.2, 0.25) is 0 Å². The van der Waals surface area contributed by atoms with Crippen molar-refractivity contribution < 1.29 is 9.84 Å². The first-order valence-corrected chi connectivity index (χ1v) is 10.7. The number of aliphatic hydroxyl groups excluding tert-OH is 1. The van der Waals surface area contributed by atoms with Crippen molar-refractivity contribution in [3.05, 3.63) is 58.4 Å². The number of benzene rings is 2. The van der Waals surface area contributed by atoms with Gasteiger partial charge in [-0.15, -0.1) is 0 Å². The van der Waals surface area contributed by atoms with Gasteiger partial charge in [0.1, 0.15) is 11.6 Å². The Morgan fingerprint density at radius 2 is 1.79 bits per heavy atom. The van der Waals surface area contributed by atoms with Gasteiger partial charge in [0.05, 0.1) is 17.6 Å². The van der Waals surface area contributed by atoms with Crippen LogP contribution in [0.5, 0.6) is 5.75 Å². The van der Waals surface area contributed by atoms with Gasteiger partial charge in [0.15, 0.2) is 0 Å². The molecule has 1 N–H and O–H groups in total. The minimum Gasteiger partial charge on any atom is -0.493 e. The summed E-state index contributed by atoms with van der Waals surface area (Å²) >= 11 is 0. The number of imidazole rings is 1. The first kappa shape index (κ1) is 21.4. The van der Waals surface area contributed by atoms with Crippen LogP contribution >= 0.6 is 0 Å². The Balaban J connectivity index is 1.75. The predicted molar refractivity (Wildman–Crippen MR) is 120 cm³/mol. The third-order valence-corrected chi connectivity index (χ3v) is 5.58. The molecular weight excluding hydrogens is 360 g/mol. The number of nitrogens with zero attached hydrogens (tertiary/aromatic N) is 2. The molecule has 29 heavy (non-hydrogen) atoms. The maximum atomic E-state index is 9.26. The predicted octanol–water partition coefficient (Wildman–Crippen LogP) is 5.48. The van der Waals surface area contributed by atoms with Crippen LogP contribution in [0, 0.1) is 20.8 Å². The number of fused-ring (bicyclic) bond motifs is 1. The topological polar surface area (TPSA) is 47.3 Å². The fourth-order valence-electron chi connectivity index (χ4n) is 3.76. The van der Waals surface area contributed by atoms with Crippen molar-refractivity contribution in [1.29, 1.82) is 0 Å². The van der Waals surface area contributed by atoms with E-state index in [2.05, 4.69) is 69.5 Å². The molecule has 0 aliphatic carbocycles. The average molecular weight is 395 g/mol. The Hall–Kier alpha value is -2.33. The Morgan fingerprint density at radius 1 is 1.03 bits per heavy atom.